The van der Waals surface area contributed by atoms with Crippen LogP contribution in [0.2, 0.25) is 10.0 Å². The van der Waals surface area contributed by atoms with E-state index in [0.717, 1.165) is 4.90 Å². The number of imide groups is 1. The van der Waals surface area contributed by atoms with E-state index in [1.54, 1.807) is 36.4 Å². The van der Waals surface area contributed by atoms with Gasteiger partial charge in [0, 0.05) is 12.1 Å². The zero-order valence-corrected chi connectivity index (χ0v) is 18.3. The van der Waals surface area contributed by atoms with Crippen molar-refractivity contribution in [1.82, 2.24) is 0 Å². The van der Waals surface area contributed by atoms with E-state index in [0.29, 0.717) is 11.3 Å². The van der Waals surface area contributed by atoms with Crippen molar-refractivity contribution in [2.24, 2.45) is 5.92 Å². The molecule has 0 radical (unpaired) electrons. The van der Waals surface area contributed by atoms with Gasteiger partial charge in [0.25, 0.3) is 11.6 Å². The molecule has 3 aromatic carbocycles. The molecule has 2 saturated heterocycles. The number of rotatable bonds is 4. The Morgan fingerprint density at radius 3 is 2.21 bits per heavy atom. The molecule has 2 fully saturated rings. The first kappa shape index (κ1) is 21.4. The zero-order chi connectivity index (χ0) is 23.3. The van der Waals surface area contributed by atoms with Crippen molar-refractivity contribution in [3.05, 3.63) is 98.5 Å². The molecule has 10 heteroatoms. The average molecular weight is 484 g/mol. The second kappa shape index (κ2) is 8.15. The van der Waals surface area contributed by atoms with Crippen LogP contribution in [0.15, 0.2) is 72.8 Å². The summed E-state index contributed by atoms with van der Waals surface area (Å²) in [7, 11) is 0. The summed E-state index contributed by atoms with van der Waals surface area (Å²) in [4.78, 5) is 44.8. The molecule has 0 spiro atoms. The van der Waals surface area contributed by atoms with Gasteiger partial charge in [0.15, 0.2) is 6.10 Å². The molecule has 5 rings (SSSR count). The maximum atomic E-state index is 13.6. The quantitative estimate of drug-likeness (QED) is 0.296. The van der Waals surface area contributed by atoms with E-state index in [1.807, 2.05) is 6.07 Å². The van der Waals surface area contributed by atoms with Crippen molar-refractivity contribution in [3.8, 4) is 0 Å². The number of amides is 2. The fourth-order valence-electron chi connectivity index (χ4n) is 4.30. The lowest BCUT2D eigenvalue weighted by molar-refractivity contribution is -0.384. The normalized spacial score (nSPS) is 22.1. The van der Waals surface area contributed by atoms with Gasteiger partial charge in [-0.1, -0.05) is 59.6 Å². The maximum absolute atomic E-state index is 13.6. The predicted octanol–water partition coefficient (Wildman–Crippen LogP) is 4.95. The Hall–Kier alpha value is -3.46. The molecule has 0 aliphatic carbocycles. The number of anilines is 2. The third kappa shape index (κ3) is 3.43. The number of hydrogen-bond donors (Lipinski definition) is 0. The number of non-ortho nitro benzene ring substituents is 1. The summed E-state index contributed by atoms with van der Waals surface area (Å²) < 4.78 is 0. The average Bonchev–Trinajstić information content (AvgIpc) is 3.31. The number of benzene rings is 3. The van der Waals surface area contributed by atoms with Crippen LogP contribution >= 0.6 is 23.2 Å². The number of fused-ring (bicyclic) bond motifs is 1. The van der Waals surface area contributed by atoms with E-state index in [2.05, 4.69) is 0 Å². The minimum Gasteiger partial charge on any atom is -0.273 e. The summed E-state index contributed by atoms with van der Waals surface area (Å²) in [6.07, 6.45) is -1.14. The van der Waals surface area contributed by atoms with E-state index in [-0.39, 0.29) is 21.4 Å². The van der Waals surface area contributed by atoms with Gasteiger partial charge in [-0.25, -0.2) is 9.96 Å². The predicted molar refractivity (Wildman–Crippen MR) is 122 cm³/mol. The van der Waals surface area contributed by atoms with Crippen molar-refractivity contribution in [2.75, 3.05) is 9.96 Å². The molecule has 166 valence electrons. The minimum atomic E-state index is -1.14. The van der Waals surface area contributed by atoms with E-state index >= 15 is 0 Å². The van der Waals surface area contributed by atoms with Gasteiger partial charge in [-0.2, -0.15) is 0 Å². The van der Waals surface area contributed by atoms with E-state index in [4.69, 9.17) is 28.0 Å². The second-order valence-corrected chi connectivity index (χ2v) is 8.41. The first-order chi connectivity index (χ1) is 15.9. The SMILES string of the molecule is O=C1[C@@H]2[C@H](ON(c3ccccc3)[C@H]2c2cccc([N+](=O)[O-])c2)C(=O)N1c1c(Cl)cccc1Cl. The van der Waals surface area contributed by atoms with Gasteiger partial charge in [0.2, 0.25) is 5.91 Å². The van der Waals surface area contributed by atoms with Gasteiger partial charge in [0.05, 0.1) is 32.4 Å². The Morgan fingerprint density at radius 2 is 1.55 bits per heavy atom. The van der Waals surface area contributed by atoms with Gasteiger partial charge in [-0.3, -0.25) is 24.5 Å². The van der Waals surface area contributed by atoms with E-state index in [1.165, 1.54) is 35.4 Å². The van der Waals surface area contributed by atoms with Gasteiger partial charge in [0.1, 0.15) is 5.92 Å². The Bertz CT molecular complexity index is 1270. The fourth-order valence-corrected chi connectivity index (χ4v) is 4.86. The van der Waals surface area contributed by atoms with Crippen molar-refractivity contribution >= 4 is 52.1 Å². The summed E-state index contributed by atoms with van der Waals surface area (Å²) in [5.41, 5.74) is 1.03. The third-order valence-corrected chi connectivity index (χ3v) is 6.32. The number of carbonyl (C=O) groups is 2. The van der Waals surface area contributed by atoms with Crippen LogP contribution in [0.5, 0.6) is 0 Å². The minimum absolute atomic E-state index is 0.0953. The third-order valence-electron chi connectivity index (χ3n) is 5.71. The molecular formula is C23H15Cl2N3O5. The van der Waals surface area contributed by atoms with Crippen LogP contribution < -0.4 is 9.96 Å². The van der Waals surface area contributed by atoms with Crippen LogP contribution in [-0.2, 0) is 14.4 Å². The Morgan fingerprint density at radius 1 is 0.879 bits per heavy atom. The summed E-state index contributed by atoms with van der Waals surface area (Å²) in [6, 6.07) is 18.8. The Labute approximate surface area is 198 Å². The van der Waals surface area contributed by atoms with Crippen LogP contribution in [0.4, 0.5) is 17.1 Å². The molecule has 2 amide bonds. The lowest BCUT2D eigenvalue weighted by Crippen LogP contribution is -2.37. The summed E-state index contributed by atoms with van der Waals surface area (Å²) in [5, 5.41) is 13.1. The summed E-state index contributed by atoms with van der Waals surface area (Å²) in [6.45, 7) is 0. The van der Waals surface area contributed by atoms with Crippen LogP contribution in [0.1, 0.15) is 11.6 Å². The maximum Gasteiger partial charge on any atom is 0.269 e. The number of para-hydroxylation sites is 2. The number of nitrogens with zero attached hydrogens (tertiary/aromatic N) is 3. The molecule has 0 saturated carbocycles. The highest BCUT2D eigenvalue weighted by molar-refractivity contribution is 6.42. The summed E-state index contributed by atoms with van der Waals surface area (Å²) >= 11 is 12.5. The fraction of sp³-hybridized carbons (Fsp3) is 0.130. The number of carbonyl (C=O) groups excluding carboxylic acids is 2. The molecule has 33 heavy (non-hydrogen) atoms. The monoisotopic (exact) mass is 483 g/mol. The van der Waals surface area contributed by atoms with Crippen LogP contribution in [0, 0.1) is 16.0 Å². The number of nitro groups is 1. The lowest BCUT2D eigenvalue weighted by atomic mass is 9.90. The van der Waals surface area contributed by atoms with Crippen LogP contribution in [0.25, 0.3) is 0 Å². The van der Waals surface area contributed by atoms with Crippen molar-refractivity contribution in [3.63, 3.8) is 0 Å². The smallest absolute Gasteiger partial charge is 0.269 e. The highest BCUT2D eigenvalue weighted by atomic mass is 35.5. The molecule has 8 nitrogen and oxygen atoms in total. The number of nitro benzene ring substituents is 1. The van der Waals surface area contributed by atoms with Crippen molar-refractivity contribution < 1.29 is 19.3 Å². The molecule has 2 aliphatic heterocycles. The largest absolute Gasteiger partial charge is 0.273 e. The Kier molecular flexibility index (Phi) is 5.28. The number of hydrogen-bond acceptors (Lipinski definition) is 6. The number of halogens is 2. The summed E-state index contributed by atoms with van der Waals surface area (Å²) in [5.74, 6) is -2.11. The van der Waals surface area contributed by atoms with Crippen LogP contribution in [0.3, 0.4) is 0 Å². The molecule has 0 N–H and O–H groups in total. The highest BCUT2D eigenvalue weighted by Gasteiger charge is 2.60. The number of hydroxylamine groups is 1. The van der Waals surface area contributed by atoms with Gasteiger partial charge < -0.3 is 0 Å². The van der Waals surface area contributed by atoms with Gasteiger partial charge in [-0.05, 0) is 29.8 Å². The molecule has 3 atom stereocenters. The first-order valence-corrected chi connectivity index (χ1v) is 10.7. The van der Waals surface area contributed by atoms with Crippen LogP contribution in [-0.4, -0.2) is 22.8 Å². The van der Waals surface area contributed by atoms with Gasteiger partial charge >= 0.3 is 0 Å². The molecule has 0 unspecified atom stereocenters. The molecule has 0 bridgehead atoms. The van der Waals surface area contributed by atoms with Crippen molar-refractivity contribution in [2.45, 2.75) is 12.1 Å². The van der Waals surface area contributed by atoms with Crippen molar-refractivity contribution in [1.29, 1.82) is 0 Å². The molecule has 2 aliphatic rings. The van der Waals surface area contributed by atoms with E-state index in [9.17, 15) is 19.7 Å². The molecule has 3 aromatic rings. The first-order valence-electron chi connectivity index (χ1n) is 9.95. The molecule has 2 heterocycles. The zero-order valence-electron chi connectivity index (χ0n) is 16.8. The second-order valence-electron chi connectivity index (χ2n) is 7.59. The topological polar surface area (TPSA) is 93.0 Å². The molecule has 0 aromatic heterocycles. The van der Waals surface area contributed by atoms with Gasteiger partial charge in [-0.15, -0.1) is 0 Å². The van der Waals surface area contributed by atoms with E-state index < -0.39 is 34.8 Å². The molecular weight excluding hydrogens is 469 g/mol. The lowest BCUT2D eigenvalue weighted by Gasteiger charge is -2.29. The Balaban J connectivity index is 1.63. The standard InChI is InChI=1S/C23H15Cl2N3O5/c24-16-10-5-11-17(25)20(16)26-22(29)18-19(13-6-4-9-15(12-13)28(31)32)27(33-21(18)23(26)30)14-7-2-1-3-8-14/h1-12,18-19,21H/t18-,19-,21-/m0/s1. The highest BCUT2D eigenvalue weighted by Crippen LogP contribution is 2.49.